The van der Waals surface area contributed by atoms with Crippen LogP contribution in [0.5, 0.6) is 0 Å². The maximum Gasteiger partial charge on any atom is 0.335 e. The zero-order valence-corrected chi connectivity index (χ0v) is 18.7. The van der Waals surface area contributed by atoms with Crippen LogP contribution in [-0.4, -0.2) is 69.0 Å². The second-order valence-corrected chi connectivity index (χ2v) is 8.95. The van der Waals surface area contributed by atoms with Crippen molar-refractivity contribution in [3.63, 3.8) is 0 Å². The fourth-order valence-electron chi connectivity index (χ4n) is 5.12. The standard InChI is InChI=1S/C25H24N4O5/c1-16-26-24(34-27-16)25-14-28(22(31)18-8-5-9-19(12-18)23(32)33)11-10-20(25)13-29(15-25)21(30)17-6-3-2-4-7-17/h2-9,12,20H,10-11,13-15H2,1H3,(H,32,33)/t20-,25-/m0/s1. The van der Waals surface area contributed by atoms with Crippen LogP contribution in [0.3, 0.4) is 0 Å². The van der Waals surface area contributed by atoms with Crippen LogP contribution in [0.1, 0.15) is 49.2 Å². The molecule has 1 N–H and O–H groups in total. The highest BCUT2D eigenvalue weighted by Gasteiger charge is 2.56. The van der Waals surface area contributed by atoms with Gasteiger partial charge in [-0.15, -0.1) is 0 Å². The summed E-state index contributed by atoms with van der Waals surface area (Å²) in [6.45, 7) is 3.42. The van der Waals surface area contributed by atoms with Crippen molar-refractivity contribution in [2.45, 2.75) is 18.8 Å². The lowest BCUT2D eigenvalue weighted by atomic mass is 9.73. The number of carbonyl (C=O) groups excluding carboxylic acids is 2. The Hall–Kier alpha value is -4.01. The average Bonchev–Trinajstić information content (AvgIpc) is 3.47. The summed E-state index contributed by atoms with van der Waals surface area (Å²) >= 11 is 0. The summed E-state index contributed by atoms with van der Waals surface area (Å²) in [5, 5.41) is 13.3. The summed E-state index contributed by atoms with van der Waals surface area (Å²) in [6.07, 6.45) is 0.657. The van der Waals surface area contributed by atoms with Gasteiger partial charge in [0.1, 0.15) is 0 Å². The normalized spacial score (nSPS) is 21.9. The minimum absolute atomic E-state index is 0.0504. The quantitative estimate of drug-likeness (QED) is 0.636. The van der Waals surface area contributed by atoms with E-state index in [-0.39, 0.29) is 23.3 Å². The Morgan fingerprint density at radius 1 is 0.971 bits per heavy atom. The highest BCUT2D eigenvalue weighted by atomic mass is 16.5. The van der Waals surface area contributed by atoms with E-state index in [1.165, 1.54) is 12.1 Å². The lowest BCUT2D eigenvalue weighted by Gasteiger charge is -2.41. The first kappa shape index (κ1) is 21.8. The number of fused-ring (bicyclic) bond motifs is 1. The van der Waals surface area contributed by atoms with Gasteiger partial charge in [0.15, 0.2) is 5.82 Å². The molecule has 0 aliphatic carbocycles. The highest BCUT2D eigenvalue weighted by Crippen LogP contribution is 2.44. The number of carboxylic acid groups (broad SMARTS) is 1. The number of hydrogen-bond acceptors (Lipinski definition) is 6. The van der Waals surface area contributed by atoms with E-state index in [0.29, 0.717) is 55.4 Å². The molecular formula is C25H24N4O5. The molecule has 2 aromatic carbocycles. The molecule has 9 nitrogen and oxygen atoms in total. The molecule has 2 saturated heterocycles. The van der Waals surface area contributed by atoms with Gasteiger partial charge in [-0.2, -0.15) is 4.98 Å². The number of aromatic carboxylic acids is 1. The molecule has 2 amide bonds. The Morgan fingerprint density at radius 3 is 2.35 bits per heavy atom. The first-order valence-corrected chi connectivity index (χ1v) is 11.1. The van der Waals surface area contributed by atoms with E-state index in [0.717, 1.165) is 0 Å². The zero-order chi connectivity index (χ0) is 23.9. The number of nitrogens with zero attached hydrogens (tertiary/aromatic N) is 4. The largest absolute Gasteiger partial charge is 0.478 e. The van der Waals surface area contributed by atoms with Crippen LogP contribution in [0.15, 0.2) is 59.1 Å². The number of rotatable bonds is 4. The van der Waals surface area contributed by atoms with Crippen molar-refractivity contribution in [1.29, 1.82) is 0 Å². The van der Waals surface area contributed by atoms with Crippen LogP contribution in [0.2, 0.25) is 0 Å². The second-order valence-electron chi connectivity index (χ2n) is 8.95. The predicted octanol–water partition coefficient (Wildman–Crippen LogP) is 2.63. The Kier molecular flexibility index (Phi) is 5.39. The highest BCUT2D eigenvalue weighted by molar-refractivity contribution is 5.98. The van der Waals surface area contributed by atoms with Gasteiger partial charge in [0.25, 0.3) is 11.8 Å². The minimum atomic E-state index is -1.09. The summed E-state index contributed by atoms with van der Waals surface area (Å²) in [5.41, 5.74) is 0.287. The summed E-state index contributed by atoms with van der Waals surface area (Å²) in [6, 6.07) is 15.1. The molecule has 34 heavy (non-hydrogen) atoms. The van der Waals surface area contributed by atoms with Crippen LogP contribution < -0.4 is 0 Å². The van der Waals surface area contributed by atoms with Crippen molar-refractivity contribution in [3.05, 3.63) is 83.0 Å². The molecule has 0 saturated carbocycles. The second kappa shape index (κ2) is 8.40. The number of amides is 2. The molecule has 0 unspecified atom stereocenters. The predicted molar refractivity (Wildman–Crippen MR) is 120 cm³/mol. The van der Waals surface area contributed by atoms with Crippen LogP contribution in [0.25, 0.3) is 0 Å². The fourth-order valence-corrected chi connectivity index (χ4v) is 5.12. The molecule has 3 aromatic rings. The molecule has 2 aliphatic rings. The van der Waals surface area contributed by atoms with Crippen LogP contribution in [0.4, 0.5) is 0 Å². The third kappa shape index (κ3) is 3.72. The smallest absolute Gasteiger partial charge is 0.335 e. The van der Waals surface area contributed by atoms with E-state index < -0.39 is 11.4 Å². The molecule has 2 atom stereocenters. The third-order valence-electron chi connectivity index (χ3n) is 6.82. The van der Waals surface area contributed by atoms with Crippen LogP contribution in [0, 0.1) is 12.8 Å². The third-order valence-corrected chi connectivity index (χ3v) is 6.82. The van der Waals surface area contributed by atoms with E-state index in [1.807, 2.05) is 18.2 Å². The van der Waals surface area contributed by atoms with E-state index in [1.54, 1.807) is 41.0 Å². The van der Waals surface area contributed by atoms with Crippen molar-refractivity contribution in [2.75, 3.05) is 26.2 Å². The number of aromatic nitrogens is 2. The van der Waals surface area contributed by atoms with Gasteiger partial charge >= 0.3 is 5.97 Å². The summed E-state index contributed by atoms with van der Waals surface area (Å²) in [4.78, 5) is 46.0. The topological polar surface area (TPSA) is 117 Å². The van der Waals surface area contributed by atoms with E-state index in [9.17, 15) is 19.5 Å². The maximum atomic E-state index is 13.4. The molecule has 0 spiro atoms. The number of carbonyl (C=O) groups is 3. The van der Waals surface area contributed by atoms with Gasteiger partial charge in [-0.3, -0.25) is 9.59 Å². The van der Waals surface area contributed by atoms with Gasteiger partial charge in [-0.25, -0.2) is 4.79 Å². The molecule has 2 fully saturated rings. The van der Waals surface area contributed by atoms with E-state index in [4.69, 9.17) is 4.52 Å². The monoisotopic (exact) mass is 460 g/mol. The Labute approximate surface area is 196 Å². The van der Waals surface area contributed by atoms with Crippen molar-refractivity contribution in [2.24, 2.45) is 5.92 Å². The number of piperidine rings is 1. The molecule has 5 rings (SSSR count). The minimum Gasteiger partial charge on any atom is -0.478 e. The number of carboxylic acids is 1. The first-order valence-electron chi connectivity index (χ1n) is 11.1. The van der Waals surface area contributed by atoms with Crippen molar-refractivity contribution >= 4 is 17.8 Å². The summed E-state index contributed by atoms with van der Waals surface area (Å²) in [7, 11) is 0. The molecular weight excluding hydrogens is 436 g/mol. The SMILES string of the molecule is Cc1noc([C@]23CN(C(=O)c4cccc(C(=O)O)c4)CC[C@H]2CN(C(=O)c2ccccc2)C3)n1. The summed E-state index contributed by atoms with van der Waals surface area (Å²) < 4.78 is 5.61. The van der Waals surface area contributed by atoms with Gasteiger partial charge in [0, 0.05) is 37.3 Å². The van der Waals surface area contributed by atoms with Crippen molar-refractivity contribution in [1.82, 2.24) is 19.9 Å². The number of aryl methyl sites for hydroxylation is 1. The molecule has 9 heteroatoms. The van der Waals surface area contributed by atoms with Crippen molar-refractivity contribution < 1.29 is 24.0 Å². The summed E-state index contributed by atoms with van der Waals surface area (Å²) in [5.74, 6) is -0.446. The van der Waals surface area contributed by atoms with Crippen molar-refractivity contribution in [3.8, 4) is 0 Å². The fraction of sp³-hybridized carbons (Fsp3) is 0.320. The number of hydrogen-bond donors (Lipinski definition) is 1. The molecule has 3 heterocycles. The van der Waals surface area contributed by atoms with E-state index in [2.05, 4.69) is 10.1 Å². The van der Waals surface area contributed by atoms with Crippen LogP contribution in [-0.2, 0) is 5.41 Å². The average molecular weight is 460 g/mol. The van der Waals surface area contributed by atoms with E-state index >= 15 is 0 Å². The Morgan fingerprint density at radius 2 is 1.65 bits per heavy atom. The Balaban J connectivity index is 1.46. The maximum absolute atomic E-state index is 13.4. The van der Waals surface area contributed by atoms with Gasteiger partial charge in [0.05, 0.1) is 11.0 Å². The number of likely N-dealkylation sites (tertiary alicyclic amines) is 2. The van der Waals surface area contributed by atoms with Gasteiger partial charge in [0.2, 0.25) is 5.89 Å². The van der Waals surface area contributed by atoms with Gasteiger partial charge in [-0.05, 0) is 49.6 Å². The van der Waals surface area contributed by atoms with Gasteiger partial charge < -0.3 is 19.4 Å². The lowest BCUT2D eigenvalue weighted by Crippen LogP contribution is -2.53. The molecule has 174 valence electrons. The van der Waals surface area contributed by atoms with Gasteiger partial charge in [-0.1, -0.05) is 29.4 Å². The molecule has 1 aromatic heterocycles. The van der Waals surface area contributed by atoms with Crippen LogP contribution >= 0.6 is 0 Å². The lowest BCUT2D eigenvalue weighted by molar-refractivity contribution is 0.0536. The zero-order valence-electron chi connectivity index (χ0n) is 18.7. The molecule has 0 bridgehead atoms. The first-order chi connectivity index (χ1) is 16.4. The Bertz CT molecular complexity index is 1260. The molecule has 0 radical (unpaired) electrons. The number of benzene rings is 2. The molecule has 2 aliphatic heterocycles.